The molecule has 0 aliphatic carbocycles. The zero-order chi connectivity index (χ0) is 24.5. The lowest BCUT2D eigenvalue weighted by Gasteiger charge is -2.19. The summed E-state index contributed by atoms with van der Waals surface area (Å²) >= 11 is 0. The van der Waals surface area contributed by atoms with E-state index in [1.807, 2.05) is 49.4 Å². The van der Waals surface area contributed by atoms with Gasteiger partial charge in [-0.2, -0.15) is 9.78 Å². The molecule has 4 aromatic rings. The first-order valence-corrected chi connectivity index (χ1v) is 11.2. The largest absolute Gasteiger partial charge is 0.462 e. The zero-order valence-corrected chi connectivity index (χ0v) is 20.0. The van der Waals surface area contributed by atoms with E-state index in [4.69, 9.17) is 9.72 Å². The SMILES string of the molecule is CCOC(=O)c1cnn(-c2cc(C)c3ccccc3n2)c1NC(=O)c1ccc(C(C)(C)C)cc1. The summed E-state index contributed by atoms with van der Waals surface area (Å²) in [5.74, 6) is -0.217. The van der Waals surface area contributed by atoms with Gasteiger partial charge in [0.1, 0.15) is 5.56 Å². The van der Waals surface area contributed by atoms with Crippen LogP contribution in [-0.2, 0) is 10.2 Å². The Morgan fingerprint density at radius 3 is 2.44 bits per heavy atom. The second kappa shape index (κ2) is 9.09. The number of pyridine rings is 1. The van der Waals surface area contributed by atoms with E-state index in [0.717, 1.165) is 22.0 Å². The van der Waals surface area contributed by atoms with Gasteiger partial charge in [-0.3, -0.25) is 4.79 Å². The van der Waals surface area contributed by atoms with Gasteiger partial charge >= 0.3 is 5.97 Å². The summed E-state index contributed by atoms with van der Waals surface area (Å²) in [6.45, 7) is 10.3. The molecule has 34 heavy (non-hydrogen) atoms. The highest BCUT2D eigenvalue weighted by Gasteiger charge is 2.23. The fraction of sp³-hybridized carbons (Fsp3) is 0.259. The summed E-state index contributed by atoms with van der Waals surface area (Å²) in [5.41, 5.74) is 3.53. The number of anilines is 1. The summed E-state index contributed by atoms with van der Waals surface area (Å²) in [4.78, 5) is 30.5. The molecule has 0 spiro atoms. The molecule has 2 aromatic heterocycles. The van der Waals surface area contributed by atoms with E-state index in [9.17, 15) is 9.59 Å². The van der Waals surface area contributed by atoms with Crippen molar-refractivity contribution < 1.29 is 14.3 Å². The normalized spacial score (nSPS) is 11.4. The van der Waals surface area contributed by atoms with Crippen LogP contribution in [0.3, 0.4) is 0 Å². The quantitative estimate of drug-likeness (QED) is 0.403. The molecule has 4 rings (SSSR count). The lowest BCUT2D eigenvalue weighted by Crippen LogP contribution is -2.19. The summed E-state index contributed by atoms with van der Waals surface area (Å²) < 4.78 is 6.65. The highest BCUT2D eigenvalue weighted by molar-refractivity contribution is 6.07. The molecule has 0 saturated heterocycles. The van der Waals surface area contributed by atoms with E-state index < -0.39 is 5.97 Å². The third-order valence-corrected chi connectivity index (χ3v) is 5.64. The summed E-state index contributed by atoms with van der Waals surface area (Å²) in [6, 6.07) is 17.1. The van der Waals surface area contributed by atoms with Crippen LogP contribution in [0.5, 0.6) is 0 Å². The Morgan fingerprint density at radius 2 is 1.76 bits per heavy atom. The van der Waals surface area contributed by atoms with Gasteiger partial charge in [0.25, 0.3) is 5.91 Å². The molecule has 0 atom stereocenters. The van der Waals surface area contributed by atoms with E-state index in [1.165, 1.54) is 10.9 Å². The number of ether oxygens (including phenoxy) is 1. The van der Waals surface area contributed by atoms with E-state index in [0.29, 0.717) is 11.4 Å². The van der Waals surface area contributed by atoms with Gasteiger partial charge in [0.05, 0.1) is 18.3 Å². The van der Waals surface area contributed by atoms with Crippen molar-refractivity contribution in [3.05, 3.63) is 83.0 Å². The molecule has 0 bridgehead atoms. The number of nitrogens with zero attached hydrogens (tertiary/aromatic N) is 3. The van der Waals surface area contributed by atoms with Gasteiger partial charge in [-0.05, 0) is 54.7 Å². The minimum Gasteiger partial charge on any atom is -0.462 e. The molecule has 1 N–H and O–H groups in total. The average molecular weight is 457 g/mol. The van der Waals surface area contributed by atoms with Gasteiger partial charge < -0.3 is 10.1 Å². The number of rotatable bonds is 5. The van der Waals surface area contributed by atoms with Gasteiger partial charge in [0.15, 0.2) is 11.6 Å². The van der Waals surface area contributed by atoms with Crippen molar-refractivity contribution in [3.63, 3.8) is 0 Å². The lowest BCUT2D eigenvalue weighted by atomic mass is 9.87. The number of hydrogen-bond acceptors (Lipinski definition) is 5. The number of amides is 1. The van der Waals surface area contributed by atoms with Crippen molar-refractivity contribution in [2.24, 2.45) is 0 Å². The maximum Gasteiger partial charge on any atom is 0.343 e. The molecule has 0 saturated carbocycles. The molecule has 0 unspecified atom stereocenters. The van der Waals surface area contributed by atoms with E-state index in [-0.39, 0.29) is 29.3 Å². The summed E-state index contributed by atoms with van der Waals surface area (Å²) in [7, 11) is 0. The van der Waals surface area contributed by atoms with Crippen LogP contribution in [0.15, 0.2) is 60.8 Å². The van der Waals surface area contributed by atoms with Crippen LogP contribution in [0.2, 0.25) is 0 Å². The van der Waals surface area contributed by atoms with Crippen LogP contribution >= 0.6 is 0 Å². The molecular weight excluding hydrogens is 428 g/mol. The second-order valence-corrected chi connectivity index (χ2v) is 9.14. The van der Waals surface area contributed by atoms with Crippen LogP contribution in [0.4, 0.5) is 5.82 Å². The van der Waals surface area contributed by atoms with Crippen LogP contribution in [0.1, 0.15) is 59.5 Å². The predicted octanol–water partition coefficient (Wildman–Crippen LogP) is 5.46. The van der Waals surface area contributed by atoms with Crippen LogP contribution < -0.4 is 5.32 Å². The molecule has 2 heterocycles. The molecule has 0 aliphatic rings. The number of nitrogens with one attached hydrogen (secondary N) is 1. The Labute approximate surface area is 198 Å². The van der Waals surface area contributed by atoms with Crippen molar-refractivity contribution in [3.8, 4) is 5.82 Å². The third kappa shape index (κ3) is 4.55. The van der Waals surface area contributed by atoms with Crippen molar-refractivity contribution in [2.75, 3.05) is 11.9 Å². The standard InChI is InChI=1S/C27H28N4O3/c1-6-34-26(33)21-16-28-31(23-15-17(2)20-9-7-8-10-22(20)29-23)24(21)30-25(32)18-11-13-19(14-12-18)27(3,4)5/h7-16H,6H2,1-5H3,(H,30,32). The number of carbonyl (C=O) groups excluding carboxylic acids is 2. The highest BCUT2D eigenvalue weighted by atomic mass is 16.5. The van der Waals surface area contributed by atoms with Crippen LogP contribution in [-0.4, -0.2) is 33.2 Å². The molecule has 0 fully saturated rings. The van der Waals surface area contributed by atoms with Crippen molar-refractivity contribution >= 4 is 28.6 Å². The molecule has 0 aliphatic heterocycles. The number of benzene rings is 2. The summed E-state index contributed by atoms with van der Waals surface area (Å²) in [6.07, 6.45) is 1.39. The van der Waals surface area contributed by atoms with Crippen LogP contribution in [0, 0.1) is 6.92 Å². The molecule has 174 valence electrons. The van der Waals surface area contributed by atoms with Crippen molar-refractivity contribution in [2.45, 2.75) is 40.0 Å². The lowest BCUT2D eigenvalue weighted by molar-refractivity contribution is 0.0527. The monoisotopic (exact) mass is 456 g/mol. The topological polar surface area (TPSA) is 86.1 Å². The number of esters is 1. The Hall–Kier alpha value is -4.00. The third-order valence-electron chi connectivity index (χ3n) is 5.64. The van der Waals surface area contributed by atoms with E-state index in [2.05, 4.69) is 31.2 Å². The van der Waals surface area contributed by atoms with Gasteiger partial charge in [0.2, 0.25) is 0 Å². The Bertz CT molecular complexity index is 1370. The molecule has 7 heteroatoms. The van der Waals surface area contributed by atoms with Crippen LogP contribution in [0.25, 0.3) is 16.7 Å². The molecule has 1 amide bonds. The first-order valence-electron chi connectivity index (χ1n) is 11.2. The summed E-state index contributed by atoms with van der Waals surface area (Å²) in [5, 5.41) is 8.25. The van der Waals surface area contributed by atoms with Gasteiger partial charge in [-0.1, -0.05) is 51.1 Å². The smallest absolute Gasteiger partial charge is 0.343 e. The number of aromatic nitrogens is 3. The van der Waals surface area contributed by atoms with E-state index >= 15 is 0 Å². The number of aryl methyl sites for hydroxylation is 1. The second-order valence-electron chi connectivity index (χ2n) is 9.14. The zero-order valence-electron chi connectivity index (χ0n) is 20.0. The Morgan fingerprint density at radius 1 is 1.06 bits per heavy atom. The number of para-hydroxylation sites is 1. The number of hydrogen-bond donors (Lipinski definition) is 1. The molecular formula is C27H28N4O3. The van der Waals surface area contributed by atoms with Gasteiger partial charge in [-0.15, -0.1) is 0 Å². The van der Waals surface area contributed by atoms with Gasteiger partial charge in [-0.25, -0.2) is 9.78 Å². The predicted molar refractivity (Wildman–Crippen MR) is 133 cm³/mol. The van der Waals surface area contributed by atoms with Gasteiger partial charge in [0, 0.05) is 10.9 Å². The Balaban J connectivity index is 1.76. The maximum atomic E-state index is 13.1. The average Bonchev–Trinajstić information content (AvgIpc) is 3.22. The first kappa shape index (κ1) is 23.2. The number of carbonyl (C=O) groups is 2. The van der Waals surface area contributed by atoms with Crippen molar-refractivity contribution in [1.82, 2.24) is 14.8 Å². The molecule has 0 radical (unpaired) electrons. The maximum absolute atomic E-state index is 13.1. The fourth-order valence-corrected chi connectivity index (χ4v) is 3.74. The highest BCUT2D eigenvalue weighted by Crippen LogP contribution is 2.26. The van der Waals surface area contributed by atoms with Crippen molar-refractivity contribution in [1.29, 1.82) is 0 Å². The molecule has 2 aromatic carbocycles. The first-order chi connectivity index (χ1) is 16.2. The fourth-order valence-electron chi connectivity index (χ4n) is 3.74. The van der Waals surface area contributed by atoms with E-state index in [1.54, 1.807) is 19.1 Å². The molecule has 7 nitrogen and oxygen atoms in total. The minimum atomic E-state index is -0.565. The Kier molecular flexibility index (Phi) is 6.20. The number of fused-ring (bicyclic) bond motifs is 1. The minimum absolute atomic E-state index is 0.0235.